The molecule has 0 N–H and O–H groups in total. The van der Waals surface area contributed by atoms with Crippen LogP contribution in [0.1, 0.15) is 92.1 Å². The molecule has 0 aliphatic heterocycles. The number of aryl methyl sites for hydroxylation is 1. The first-order valence-electron chi connectivity index (χ1n) is 28.9. The van der Waals surface area contributed by atoms with Crippen LogP contribution in [0.25, 0.3) is 94.7 Å². The fourth-order valence-corrected chi connectivity index (χ4v) is 10.8. The van der Waals surface area contributed by atoms with Gasteiger partial charge in [-0.2, -0.15) is 0 Å². The van der Waals surface area contributed by atoms with E-state index in [4.69, 9.17) is 16.3 Å². The standard InChI is InChI=1S/C46H43N2OSi.C23H24N.Ir/c1-29(2)39-26-34(32-20-23-35(24-21-32)50(5,6)7)27-40(30(3)4)44(39)48-42-19-12-11-18-41(42)47-46(48)38-17-13-16-37-36-25-22-33(28-43(36)49-45(37)38)31-14-9-8-10-15-31;1-17-10-12-20(14-21(17)19-8-6-5-7-9-19)22-13-11-18(16-24-22)15-23(2,3)4;/h8-16,18-30H,1-7H3;5-11,13-14,16H,15H2,1-4H3;/q2*-1;/i29D,30D;1D3,15D2;. The summed E-state index contributed by atoms with van der Waals surface area (Å²) >= 11 is 0. The van der Waals surface area contributed by atoms with Crippen molar-refractivity contribution in [1.29, 1.82) is 0 Å². The van der Waals surface area contributed by atoms with Gasteiger partial charge in [0, 0.05) is 47.0 Å². The number of nitrogens with zero attached hydrogens (tertiary/aromatic N) is 3. The summed E-state index contributed by atoms with van der Waals surface area (Å²) in [7, 11) is -1.48. The number of hydrogen-bond acceptors (Lipinski definition) is 3. The predicted octanol–water partition coefficient (Wildman–Crippen LogP) is 18.6. The molecule has 8 aromatic carbocycles. The van der Waals surface area contributed by atoms with Crippen LogP contribution < -0.4 is 5.19 Å². The third-order valence-corrected chi connectivity index (χ3v) is 15.5. The number of rotatable bonds is 10. The van der Waals surface area contributed by atoms with Gasteiger partial charge < -0.3 is 14.0 Å². The minimum Gasteiger partial charge on any atom is -0.501 e. The van der Waals surface area contributed by atoms with E-state index >= 15 is 0 Å². The first-order valence-corrected chi connectivity index (χ1v) is 28.9. The van der Waals surface area contributed by atoms with Crippen molar-refractivity contribution in [2.45, 2.75) is 93.1 Å². The van der Waals surface area contributed by atoms with Crippen molar-refractivity contribution in [1.82, 2.24) is 14.5 Å². The Morgan fingerprint density at radius 3 is 1.95 bits per heavy atom. The maximum absolute atomic E-state index is 9.56. The van der Waals surface area contributed by atoms with Crippen LogP contribution in [0.4, 0.5) is 0 Å². The molecule has 0 fully saturated rings. The van der Waals surface area contributed by atoms with E-state index in [1.54, 1.807) is 24.4 Å². The molecule has 0 spiro atoms. The van der Waals surface area contributed by atoms with E-state index in [1.807, 2.05) is 121 Å². The molecule has 3 aromatic heterocycles. The SMILES string of the molecule is [2H]C(C)(C)c1cc(-c2ccc([Si](C)(C)C)cc2)cc(C([2H])(C)C)c1-n1c(-c2[c-]ccc3c2oc2cc(-c4ccccc4)ccc23)nc2ccccc21.[2H]C([2H])([2H])c1c[c-]c(-c2ccc(C([2H])([2H])C(C)(C)C)cn2)cc1-c1ccccc1.[Ir]. The minimum atomic E-state index is -2.25. The van der Waals surface area contributed by atoms with Crippen LogP contribution in [-0.4, -0.2) is 22.6 Å². The molecule has 11 aromatic rings. The molecule has 379 valence electrons. The molecule has 1 radical (unpaired) electrons. The van der Waals surface area contributed by atoms with E-state index in [0.29, 0.717) is 33.8 Å². The van der Waals surface area contributed by atoms with Crippen molar-refractivity contribution in [2.75, 3.05) is 0 Å². The second-order valence-corrected chi connectivity index (χ2v) is 26.7. The fraction of sp³-hybridized carbons (Fsp3) is 0.217. The Hall–Kier alpha value is -6.95. The van der Waals surface area contributed by atoms with Gasteiger partial charge in [-0.05, 0) is 104 Å². The molecule has 75 heavy (non-hydrogen) atoms. The molecule has 11 rings (SSSR count). The van der Waals surface area contributed by atoms with E-state index in [-0.39, 0.29) is 25.7 Å². The molecule has 3 heterocycles. The van der Waals surface area contributed by atoms with Crippen molar-refractivity contribution in [3.05, 3.63) is 217 Å². The van der Waals surface area contributed by atoms with Gasteiger partial charge in [0.15, 0.2) is 0 Å². The molecular formula is C69H67IrN3OSi-2. The van der Waals surface area contributed by atoms with E-state index in [2.05, 4.69) is 120 Å². The maximum atomic E-state index is 9.56. The summed E-state index contributed by atoms with van der Waals surface area (Å²) in [6.45, 7) is 18.1. The minimum absolute atomic E-state index is 0. The van der Waals surface area contributed by atoms with Crippen LogP contribution >= 0.6 is 0 Å². The number of pyridine rings is 1. The molecule has 0 saturated carbocycles. The van der Waals surface area contributed by atoms with Crippen LogP contribution in [0.2, 0.25) is 19.6 Å². The number of furan rings is 1. The molecule has 4 nitrogen and oxygen atoms in total. The maximum Gasteiger partial charge on any atom is 0.121 e. The second-order valence-electron chi connectivity index (χ2n) is 21.6. The molecule has 0 saturated heterocycles. The Morgan fingerprint density at radius 2 is 1.32 bits per heavy atom. The van der Waals surface area contributed by atoms with Gasteiger partial charge in [0.2, 0.25) is 0 Å². The summed E-state index contributed by atoms with van der Waals surface area (Å²) in [4.78, 5) is 9.70. The third kappa shape index (κ3) is 11.2. The summed E-state index contributed by atoms with van der Waals surface area (Å²) in [5, 5.41) is 3.41. The number of aromatic nitrogens is 3. The van der Waals surface area contributed by atoms with Gasteiger partial charge in [-0.3, -0.25) is 4.98 Å². The number of para-hydroxylation sites is 2. The van der Waals surface area contributed by atoms with Crippen molar-refractivity contribution in [2.24, 2.45) is 5.41 Å². The Labute approximate surface area is 469 Å². The average molecular weight is 1180 g/mol. The zero-order valence-electron chi connectivity index (χ0n) is 51.4. The molecular weight excluding hydrogens is 1110 g/mol. The van der Waals surface area contributed by atoms with E-state index in [1.165, 1.54) is 11.3 Å². The van der Waals surface area contributed by atoms with Crippen molar-refractivity contribution in [3.63, 3.8) is 0 Å². The molecule has 0 aliphatic rings. The topological polar surface area (TPSA) is 43.9 Å². The fourth-order valence-electron chi connectivity index (χ4n) is 9.66. The van der Waals surface area contributed by atoms with E-state index in [9.17, 15) is 2.74 Å². The van der Waals surface area contributed by atoms with E-state index < -0.39 is 38.5 Å². The summed E-state index contributed by atoms with van der Waals surface area (Å²) in [6, 6.07) is 64.7. The smallest absolute Gasteiger partial charge is 0.121 e. The Balaban J connectivity index is 0.000000230. The van der Waals surface area contributed by atoms with Gasteiger partial charge in [0.05, 0.1) is 30.5 Å². The van der Waals surface area contributed by atoms with Gasteiger partial charge in [0.1, 0.15) is 5.58 Å². The van der Waals surface area contributed by atoms with Crippen LogP contribution in [0.3, 0.4) is 0 Å². The van der Waals surface area contributed by atoms with Crippen LogP contribution in [0.5, 0.6) is 0 Å². The zero-order valence-corrected chi connectivity index (χ0v) is 47.8. The second kappa shape index (κ2) is 21.7. The average Bonchev–Trinajstić information content (AvgIpc) is 2.16. The Morgan fingerprint density at radius 1 is 0.680 bits per heavy atom. The molecule has 0 atom stereocenters. The zero-order chi connectivity index (χ0) is 58.0. The van der Waals surface area contributed by atoms with Gasteiger partial charge >= 0.3 is 0 Å². The monoisotopic (exact) mass is 1180 g/mol. The van der Waals surface area contributed by atoms with Crippen molar-refractivity contribution >= 4 is 46.2 Å². The molecule has 6 heteroatoms. The van der Waals surface area contributed by atoms with Gasteiger partial charge in [0.25, 0.3) is 0 Å². The molecule has 0 unspecified atom stereocenters. The van der Waals surface area contributed by atoms with Crippen molar-refractivity contribution in [3.8, 4) is 61.7 Å². The van der Waals surface area contributed by atoms with Gasteiger partial charge in [-0.1, -0.05) is 218 Å². The Kier molecular flexibility index (Phi) is 12.8. The summed E-state index contributed by atoms with van der Waals surface area (Å²) in [5.41, 5.74) is 13.6. The first-order chi connectivity index (χ1) is 38.1. The molecule has 0 aliphatic carbocycles. The molecule has 0 amide bonds. The Bertz CT molecular complexity index is 4060. The largest absolute Gasteiger partial charge is 0.501 e. The predicted molar refractivity (Wildman–Crippen MR) is 316 cm³/mol. The van der Waals surface area contributed by atoms with Crippen LogP contribution in [-0.2, 0) is 26.5 Å². The number of fused-ring (bicyclic) bond motifs is 4. The number of imidazole rings is 1. The molecule has 0 bridgehead atoms. The summed E-state index contributed by atoms with van der Waals surface area (Å²) < 4.78 is 68.3. The van der Waals surface area contributed by atoms with Gasteiger partial charge in [-0.15, -0.1) is 47.5 Å². The quantitative estimate of drug-likeness (QED) is 0.101. The normalized spacial score (nSPS) is 13.9. The van der Waals surface area contributed by atoms with Crippen molar-refractivity contribution < 1.29 is 34.1 Å². The van der Waals surface area contributed by atoms with Gasteiger partial charge in [-0.25, -0.2) is 0 Å². The number of benzene rings is 8. The first kappa shape index (κ1) is 44.4. The van der Waals surface area contributed by atoms with Crippen LogP contribution in [0.15, 0.2) is 187 Å². The van der Waals surface area contributed by atoms with E-state index in [0.717, 1.165) is 77.6 Å². The number of hydrogen-bond donors (Lipinski definition) is 0. The summed E-state index contributed by atoms with van der Waals surface area (Å²) in [6.07, 6.45) is 0.0246. The summed E-state index contributed by atoms with van der Waals surface area (Å²) in [5.74, 6) is -1.35. The van der Waals surface area contributed by atoms with Crippen LogP contribution in [0, 0.1) is 24.4 Å². The third-order valence-electron chi connectivity index (χ3n) is 13.4.